The number of aromatic hydroxyl groups is 1. The predicted octanol–water partition coefficient (Wildman–Crippen LogP) is 1.87. The Hall–Kier alpha value is -1.28. The van der Waals surface area contributed by atoms with Gasteiger partial charge in [-0.3, -0.25) is 9.11 Å². The molecular formula is C8H8ClNO5S. The molecule has 2 rings (SSSR count). The minimum atomic E-state index is -4.67. The van der Waals surface area contributed by atoms with Crippen molar-refractivity contribution in [3.63, 3.8) is 0 Å². The van der Waals surface area contributed by atoms with Gasteiger partial charge < -0.3 is 10.1 Å². The first-order valence-corrected chi connectivity index (χ1v) is 5.70. The van der Waals surface area contributed by atoms with Crippen LogP contribution in [0.4, 0.5) is 0 Å². The van der Waals surface area contributed by atoms with Crippen molar-refractivity contribution in [2.24, 2.45) is 0 Å². The van der Waals surface area contributed by atoms with Crippen molar-refractivity contribution in [3.05, 3.63) is 29.4 Å². The molecule has 0 saturated heterocycles. The molecule has 1 aromatic heterocycles. The van der Waals surface area contributed by atoms with Crippen molar-refractivity contribution in [2.75, 3.05) is 0 Å². The second kappa shape index (κ2) is 4.71. The molecular weight excluding hydrogens is 258 g/mol. The van der Waals surface area contributed by atoms with Crippen molar-refractivity contribution in [1.82, 2.24) is 4.98 Å². The highest BCUT2D eigenvalue weighted by Gasteiger charge is 2.00. The number of hydrogen-bond acceptors (Lipinski definition) is 3. The number of aromatic nitrogens is 1. The van der Waals surface area contributed by atoms with Gasteiger partial charge in [0.1, 0.15) is 5.75 Å². The molecule has 0 saturated carbocycles. The van der Waals surface area contributed by atoms with Gasteiger partial charge in [0.05, 0.1) is 0 Å². The summed E-state index contributed by atoms with van der Waals surface area (Å²) >= 11 is 5.72. The number of halogens is 1. The van der Waals surface area contributed by atoms with Gasteiger partial charge in [-0.2, -0.15) is 8.42 Å². The first-order chi connectivity index (χ1) is 7.27. The summed E-state index contributed by atoms with van der Waals surface area (Å²) in [7, 11) is -4.67. The summed E-state index contributed by atoms with van der Waals surface area (Å²) in [4.78, 5) is 2.91. The van der Waals surface area contributed by atoms with Crippen LogP contribution >= 0.6 is 11.6 Å². The molecule has 2 aromatic rings. The fourth-order valence-electron chi connectivity index (χ4n) is 1.08. The van der Waals surface area contributed by atoms with E-state index in [-0.39, 0.29) is 5.75 Å². The Balaban J connectivity index is 0.000000221. The van der Waals surface area contributed by atoms with E-state index < -0.39 is 10.4 Å². The quantitative estimate of drug-likeness (QED) is 0.544. The summed E-state index contributed by atoms with van der Waals surface area (Å²) in [5, 5.41) is 10.6. The second-order valence-electron chi connectivity index (χ2n) is 2.81. The van der Waals surface area contributed by atoms with E-state index in [0.717, 1.165) is 10.9 Å². The number of benzene rings is 1. The zero-order chi connectivity index (χ0) is 12.3. The number of nitrogens with one attached hydrogen (secondary N) is 1. The first kappa shape index (κ1) is 12.8. The van der Waals surface area contributed by atoms with Crippen LogP contribution in [0.1, 0.15) is 0 Å². The highest BCUT2D eigenvalue weighted by Crippen LogP contribution is 2.26. The molecule has 88 valence electrons. The fourth-order valence-corrected chi connectivity index (χ4v) is 1.25. The number of hydrogen-bond donors (Lipinski definition) is 4. The molecule has 4 N–H and O–H groups in total. The van der Waals surface area contributed by atoms with Crippen LogP contribution in [0.25, 0.3) is 10.9 Å². The Labute approximate surface area is 96.1 Å². The normalized spacial score (nSPS) is 10.9. The SMILES string of the molecule is O=S(=O)(O)O.Oc1c[nH]c2ccc(Cl)cc12. The third-order valence-corrected chi connectivity index (χ3v) is 1.86. The number of aromatic amines is 1. The molecule has 1 heterocycles. The van der Waals surface area contributed by atoms with Crippen LogP contribution < -0.4 is 0 Å². The van der Waals surface area contributed by atoms with Gasteiger partial charge in [-0.1, -0.05) is 11.6 Å². The lowest BCUT2D eigenvalue weighted by Crippen LogP contribution is -1.89. The Bertz CT molecular complexity index is 583. The summed E-state index contributed by atoms with van der Waals surface area (Å²) in [6, 6.07) is 5.33. The van der Waals surface area contributed by atoms with Crippen LogP contribution in [0.5, 0.6) is 5.75 Å². The maximum absolute atomic E-state index is 9.25. The summed E-state index contributed by atoms with van der Waals surface area (Å²) < 4.78 is 31.6. The van der Waals surface area contributed by atoms with Gasteiger partial charge in [0.25, 0.3) is 0 Å². The maximum atomic E-state index is 9.25. The van der Waals surface area contributed by atoms with E-state index in [1.165, 1.54) is 0 Å². The van der Waals surface area contributed by atoms with Gasteiger partial charge in [-0.05, 0) is 18.2 Å². The van der Waals surface area contributed by atoms with Crippen molar-refractivity contribution in [3.8, 4) is 5.75 Å². The van der Waals surface area contributed by atoms with Crippen LogP contribution in [0.3, 0.4) is 0 Å². The molecule has 0 atom stereocenters. The predicted molar refractivity (Wildman–Crippen MR) is 59.2 cm³/mol. The highest BCUT2D eigenvalue weighted by molar-refractivity contribution is 7.79. The second-order valence-corrected chi connectivity index (χ2v) is 4.14. The molecule has 0 aliphatic heterocycles. The molecule has 8 heteroatoms. The molecule has 0 radical (unpaired) electrons. The third-order valence-electron chi connectivity index (χ3n) is 1.62. The molecule has 16 heavy (non-hydrogen) atoms. The topological polar surface area (TPSA) is 111 Å². The maximum Gasteiger partial charge on any atom is 0.394 e. The minimum absolute atomic E-state index is 0.238. The molecule has 1 aromatic carbocycles. The van der Waals surface area contributed by atoms with E-state index >= 15 is 0 Å². The summed E-state index contributed by atoms with van der Waals surface area (Å²) in [5.74, 6) is 0.238. The monoisotopic (exact) mass is 265 g/mol. The number of H-pyrrole nitrogens is 1. The molecule has 0 bridgehead atoms. The standard InChI is InChI=1S/C8H6ClNO.H2O4S/c9-5-1-2-7-6(3-5)8(11)4-10-7;1-5(2,3)4/h1-4,10-11H;(H2,1,2,3,4). The van der Waals surface area contributed by atoms with Gasteiger partial charge >= 0.3 is 10.4 Å². The Morgan fingerprint density at radius 3 is 2.38 bits per heavy atom. The molecule has 0 fully saturated rings. The van der Waals surface area contributed by atoms with E-state index in [9.17, 15) is 5.11 Å². The van der Waals surface area contributed by atoms with Crippen LogP contribution in [-0.2, 0) is 10.4 Å². The molecule has 6 nitrogen and oxygen atoms in total. The van der Waals surface area contributed by atoms with E-state index in [2.05, 4.69) is 4.98 Å². The average Bonchev–Trinajstić information content (AvgIpc) is 2.45. The van der Waals surface area contributed by atoms with E-state index in [1.807, 2.05) is 6.07 Å². The molecule has 0 unspecified atom stereocenters. The fraction of sp³-hybridized carbons (Fsp3) is 0. The van der Waals surface area contributed by atoms with Crippen molar-refractivity contribution >= 4 is 32.9 Å². The van der Waals surface area contributed by atoms with Crippen LogP contribution in [0.2, 0.25) is 5.02 Å². The smallest absolute Gasteiger partial charge is 0.394 e. The van der Waals surface area contributed by atoms with E-state index in [0.29, 0.717) is 5.02 Å². The molecule has 0 aliphatic carbocycles. The van der Waals surface area contributed by atoms with Gasteiger partial charge in [-0.15, -0.1) is 0 Å². The highest BCUT2D eigenvalue weighted by atomic mass is 35.5. The Morgan fingerprint density at radius 1 is 1.25 bits per heavy atom. The van der Waals surface area contributed by atoms with Crippen LogP contribution in [-0.4, -0.2) is 27.6 Å². The lowest BCUT2D eigenvalue weighted by molar-refractivity contribution is 0.381. The van der Waals surface area contributed by atoms with Crippen molar-refractivity contribution in [1.29, 1.82) is 0 Å². The first-order valence-electron chi connectivity index (χ1n) is 3.93. The Morgan fingerprint density at radius 2 is 1.81 bits per heavy atom. The molecule has 0 aliphatic rings. The minimum Gasteiger partial charge on any atom is -0.506 e. The summed E-state index contributed by atoms with van der Waals surface area (Å²) in [5.41, 5.74) is 0.895. The lowest BCUT2D eigenvalue weighted by Gasteiger charge is -1.90. The molecule has 0 amide bonds. The van der Waals surface area contributed by atoms with Gasteiger partial charge in [0, 0.05) is 22.1 Å². The van der Waals surface area contributed by atoms with Crippen LogP contribution in [0, 0.1) is 0 Å². The number of rotatable bonds is 0. The zero-order valence-corrected chi connectivity index (χ0v) is 9.33. The van der Waals surface area contributed by atoms with E-state index in [4.69, 9.17) is 29.1 Å². The number of fused-ring (bicyclic) bond motifs is 1. The van der Waals surface area contributed by atoms with E-state index in [1.54, 1.807) is 18.3 Å². The summed E-state index contributed by atoms with van der Waals surface area (Å²) in [6.07, 6.45) is 1.54. The van der Waals surface area contributed by atoms with Gasteiger partial charge in [0.15, 0.2) is 0 Å². The third kappa shape index (κ3) is 4.07. The Kier molecular flexibility index (Phi) is 3.76. The molecule has 0 spiro atoms. The lowest BCUT2D eigenvalue weighted by atomic mass is 10.2. The van der Waals surface area contributed by atoms with Gasteiger partial charge in [0.2, 0.25) is 0 Å². The summed E-state index contributed by atoms with van der Waals surface area (Å²) in [6.45, 7) is 0. The van der Waals surface area contributed by atoms with Crippen molar-refractivity contribution < 1.29 is 22.6 Å². The largest absolute Gasteiger partial charge is 0.506 e. The average molecular weight is 266 g/mol. The van der Waals surface area contributed by atoms with Crippen LogP contribution in [0.15, 0.2) is 24.4 Å². The van der Waals surface area contributed by atoms with Crippen molar-refractivity contribution in [2.45, 2.75) is 0 Å². The zero-order valence-electron chi connectivity index (χ0n) is 7.75. The van der Waals surface area contributed by atoms with Gasteiger partial charge in [-0.25, -0.2) is 0 Å².